The number of carbonyl (C=O) groups is 1. The Bertz CT molecular complexity index is 384. The van der Waals surface area contributed by atoms with Gasteiger partial charge in [-0.25, -0.2) is 0 Å². The van der Waals surface area contributed by atoms with Crippen LogP contribution >= 0.6 is 0 Å². The maximum Gasteiger partial charge on any atom is 0.150 e. The summed E-state index contributed by atoms with van der Waals surface area (Å²) in [6, 6.07) is 7.05. The molecule has 1 unspecified atom stereocenters. The molecule has 0 radical (unpaired) electrons. The minimum absolute atomic E-state index is 0.517. The molecule has 1 aromatic carbocycles. The Morgan fingerprint density at radius 2 is 2.20 bits per heavy atom. The van der Waals surface area contributed by atoms with Gasteiger partial charge in [0.2, 0.25) is 0 Å². The predicted octanol–water partition coefficient (Wildman–Crippen LogP) is 2.66. The number of nitrogens with zero attached hydrogens (tertiary/aromatic N) is 1. The highest BCUT2D eigenvalue weighted by atomic mass is 16.1. The van der Waals surface area contributed by atoms with Gasteiger partial charge in [-0.1, -0.05) is 0 Å². The van der Waals surface area contributed by atoms with Gasteiger partial charge >= 0.3 is 0 Å². The van der Waals surface area contributed by atoms with Crippen molar-refractivity contribution in [1.29, 1.82) is 0 Å². The molecular formula is C13H17NO. The highest BCUT2D eigenvalue weighted by molar-refractivity contribution is 5.77. The number of fused-ring (bicyclic) bond motifs is 1. The van der Waals surface area contributed by atoms with Gasteiger partial charge in [0.05, 0.1) is 0 Å². The first-order valence-electron chi connectivity index (χ1n) is 5.50. The summed E-state index contributed by atoms with van der Waals surface area (Å²) in [5, 5.41) is 0. The van der Waals surface area contributed by atoms with Gasteiger partial charge in [-0.2, -0.15) is 0 Å². The number of carbonyl (C=O) groups excluding carboxylic acids is 1. The summed E-state index contributed by atoms with van der Waals surface area (Å²) in [5.41, 5.74) is 3.38. The van der Waals surface area contributed by atoms with E-state index in [1.165, 1.54) is 11.3 Å². The lowest BCUT2D eigenvalue weighted by molar-refractivity contribution is 0.112. The summed E-state index contributed by atoms with van der Waals surface area (Å²) in [6.45, 7) is 6.65. The number of rotatable bonds is 2. The van der Waals surface area contributed by atoms with Crippen LogP contribution in [0.3, 0.4) is 0 Å². The van der Waals surface area contributed by atoms with E-state index in [0.29, 0.717) is 12.1 Å². The molecule has 0 bridgehead atoms. The van der Waals surface area contributed by atoms with Crippen LogP contribution in [0.5, 0.6) is 0 Å². The second kappa shape index (κ2) is 3.69. The Labute approximate surface area is 90.9 Å². The Morgan fingerprint density at radius 3 is 2.80 bits per heavy atom. The minimum Gasteiger partial charge on any atom is -0.366 e. The Morgan fingerprint density at radius 1 is 1.47 bits per heavy atom. The van der Waals surface area contributed by atoms with Gasteiger partial charge in [-0.3, -0.25) is 4.79 Å². The summed E-state index contributed by atoms with van der Waals surface area (Å²) in [4.78, 5) is 13.1. The molecule has 0 amide bonds. The molecule has 2 heteroatoms. The Hall–Kier alpha value is -1.31. The third kappa shape index (κ3) is 1.65. The van der Waals surface area contributed by atoms with Crippen LogP contribution in [0.4, 0.5) is 5.69 Å². The fraction of sp³-hybridized carbons (Fsp3) is 0.462. The molecule has 0 aliphatic carbocycles. The maximum absolute atomic E-state index is 10.7. The molecule has 1 atom stereocenters. The first-order valence-corrected chi connectivity index (χ1v) is 5.50. The molecule has 0 aromatic heterocycles. The number of benzene rings is 1. The predicted molar refractivity (Wildman–Crippen MR) is 62.6 cm³/mol. The van der Waals surface area contributed by atoms with Crippen LogP contribution in [0.25, 0.3) is 0 Å². The summed E-state index contributed by atoms with van der Waals surface area (Å²) in [5.74, 6) is 0. The SMILES string of the molecule is CC(C)N1c2ccc(C=O)cc2CC1C. The zero-order chi connectivity index (χ0) is 11.0. The van der Waals surface area contributed by atoms with Crippen molar-refractivity contribution >= 4 is 12.0 Å². The molecule has 1 aliphatic heterocycles. The average Bonchev–Trinajstić information content (AvgIpc) is 2.52. The first-order chi connectivity index (χ1) is 7.13. The van der Waals surface area contributed by atoms with E-state index >= 15 is 0 Å². The quantitative estimate of drug-likeness (QED) is 0.689. The van der Waals surface area contributed by atoms with E-state index in [-0.39, 0.29) is 0 Å². The Balaban J connectivity index is 2.42. The smallest absolute Gasteiger partial charge is 0.150 e. The fourth-order valence-corrected chi connectivity index (χ4v) is 2.54. The van der Waals surface area contributed by atoms with Crippen molar-refractivity contribution in [3.8, 4) is 0 Å². The van der Waals surface area contributed by atoms with Crippen molar-refractivity contribution in [2.24, 2.45) is 0 Å². The molecular weight excluding hydrogens is 186 g/mol. The summed E-state index contributed by atoms with van der Waals surface area (Å²) in [6.07, 6.45) is 1.97. The van der Waals surface area contributed by atoms with E-state index in [0.717, 1.165) is 18.3 Å². The van der Waals surface area contributed by atoms with Crippen molar-refractivity contribution in [3.05, 3.63) is 29.3 Å². The molecule has 0 saturated heterocycles. The zero-order valence-corrected chi connectivity index (χ0v) is 9.53. The topological polar surface area (TPSA) is 20.3 Å². The first kappa shape index (κ1) is 10.2. The van der Waals surface area contributed by atoms with Crippen LogP contribution in [0, 0.1) is 0 Å². The minimum atomic E-state index is 0.517. The van der Waals surface area contributed by atoms with Crippen molar-refractivity contribution in [3.63, 3.8) is 0 Å². The van der Waals surface area contributed by atoms with Gasteiger partial charge in [-0.15, -0.1) is 0 Å². The molecule has 2 rings (SSSR count). The van der Waals surface area contributed by atoms with Gasteiger partial charge in [-0.05, 0) is 51.0 Å². The van der Waals surface area contributed by atoms with E-state index in [1.807, 2.05) is 12.1 Å². The molecule has 0 N–H and O–H groups in total. The maximum atomic E-state index is 10.7. The fourth-order valence-electron chi connectivity index (χ4n) is 2.54. The second-order valence-corrected chi connectivity index (χ2v) is 4.56. The average molecular weight is 203 g/mol. The lowest BCUT2D eigenvalue weighted by Gasteiger charge is -2.29. The van der Waals surface area contributed by atoms with Crippen LogP contribution in [0.15, 0.2) is 18.2 Å². The third-order valence-electron chi connectivity index (χ3n) is 3.06. The van der Waals surface area contributed by atoms with Crippen LogP contribution in [0.1, 0.15) is 36.7 Å². The van der Waals surface area contributed by atoms with Gasteiger partial charge in [0.25, 0.3) is 0 Å². The van der Waals surface area contributed by atoms with E-state index in [4.69, 9.17) is 0 Å². The Kier molecular flexibility index (Phi) is 2.51. The van der Waals surface area contributed by atoms with E-state index in [1.54, 1.807) is 0 Å². The molecule has 0 spiro atoms. The van der Waals surface area contributed by atoms with Gasteiger partial charge in [0.15, 0.2) is 0 Å². The van der Waals surface area contributed by atoms with Crippen LogP contribution in [0.2, 0.25) is 0 Å². The number of anilines is 1. The standard InChI is InChI=1S/C13H17NO/c1-9(2)14-10(3)6-12-7-11(8-15)4-5-13(12)14/h4-5,7-10H,6H2,1-3H3. The third-order valence-corrected chi connectivity index (χ3v) is 3.06. The van der Waals surface area contributed by atoms with Crippen LogP contribution in [-0.4, -0.2) is 18.4 Å². The van der Waals surface area contributed by atoms with Crippen LogP contribution < -0.4 is 4.90 Å². The second-order valence-electron chi connectivity index (χ2n) is 4.56. The highest BCUT2D eigenvalue weighted by Crippen LogP contribution is 2.33. The molecule has 1 aliphatic rings. The largest absolute Gasteiger partial charge is 0.366 e. The van der Waals surface area contributed by atoms with Gasteiger partial charge in [0, 0.05) is 23.3 Å². The molecule has 0 fully saturated rings. The molecule has 0 saturated carbocycles. The van der Waals surface area contributed by atoms with E-state index < -0.39 is 0 Å². The number of hydrogen-bond acceptors (Lipinski definition) is 2. The summed E-state index contributed by atoms with van der Waals surface area (Å²) in [7, 11) is 0. The lowest BCUT2D eigenvalue weighted by atomic mass is 10.1. The van der Waals surface area contributed by atoms with E-state index in [9.17, 15) is 4.79 Å². The molecule has 80 valence electrons. The molecule has 1 aromatic rings. The van der Waals surface area contributed by atoms with Crippen LogP contribution in [-0.2, 0) is 6.42 Å². The normalized spacial score (nSPS) is 19.5. The number of hydrogen-bond donors (Lipinski definition) is 0. The molecule has 2 nitrogen and oxygen atoms in total. The van der Waals surface area contributed by atoms with Gasteiger partial charge in [0.1, 0.15) is 6.29 Å². The van der Waals surface area contributed by atoms with Gasteiger partial charge < -0.3 is 4.90 Å². The van der Waals surface area contributed by atoms with Crippen molar-refractivity contribution in [2.75, 3.05) is 4.90 Å². The number of aldehydes is 1. The lowest BCUT2D eigenvalue weighted by Crippen LogP contribution is -2.35. The van der Waals surface area contributed by atoms with Crippen molar-refractivity contribution < 1.29 is 4.79 Å². The monoisotopic (exact) mass is 203 g/mol. The summed E-state index contributed by atoms with van der Waals surface area (Å²) >= 11 is 0. The molecule has 1 heterocycles. The van der Waals surface area contributed by atoms with E-state index in [2.05, 4.69) is 31.7 Å². The van der Waals surface area contributed by atoms with Crippen molar-refractivity contribution in [2.45, 2.75) is 39.3 Å². The zero-order valence-electron chi connectivity index (χ0n) is 9.53. The summed E-state index contributed by atoms with van der Waals surface area (Å²) < 4.78 is 0. The highest BCUT2D eigenvalue weighted by Gasteiger charge is 2.27. The molecule has 15 heavy (non-hydrogen) atoms. The van der Waals surface area contributed by atoms with Crippen molar-refractivity contribution in [1.82, 2.24) is 0 Å².